The van der Waals surface area contributed by atoms with Gasteiger partial charge in [0.25, 0.3) is 0 Å². The Morgan fingerprint density at radius 1 is 0.303 bits per heavy atom. The summed E-state index contributed by atoms with van der Waals surface area (Å²) in [7, 11) is 32.5. The molecule has 0 saturated heterocycles. The smallest absolute Gasteiger partial charge is 0.166 e. The van der Waals surface area contributed by atoms with Gasteiger partial charge in [0.1, 0.15) is 39.2 Å². The van der Waals surface area contributed by atoms with Crippen LogP contribution in [-0.2, 0) is 0 Å². The molecule has 0 fully saturated rings. The lowest BCUT2D eigenvalue weighted by molar-refractivity contribution is 1.06. The average molecular weight is 829 g/mol. The molecule has 0 aliphatic heterocycles. The molecule has 3 aromatic heterocycles. The second-order valence-electron chi connectivity index (χ2n) is 16.2. The number of fused-ring (bicyclic) bond motifs is 3. The van der Waals surface area contributed by atoms with Crippen molar-refractivity contribution in [3.8, 4) is 84.6 Å². The van der Waals surface area contributed by atoms with Crippen LogP contribution in [0, 0.1) is 0 Å². The van der Waals surface area contributed by atoms with Crippen LogP contribution < -0.4 is 27.3 Å². The fraction of sp³-hybridized carbons (Fsp3) is 0. The highest BCUT2D eigenvalue weighted by Gasteiger charge is 2.22. The maximum Gasteiger partial charge on any atom is 0.166 e. The molecule has 10 radical (unpaired) electrons. The van der Waals surface area contributed by atoms with Gasteiger partial charge in [-0.15, -0.1) is 16.4 Å². The summed E-state index contributed by atoms with van der Waals surface area (Å²) in [6.45, 7) is 0. The number of nitrogens with zero attached hydrogens (tertiary/aromatic N) is 5. The van der Waals surface area contributed by atoms with Crippen LogP contribution >= 0.6 is 0 Å². The van der Waals surface area contributed by atoms with Crippen LogP contribution in [0.3, 0.4) is 0 Å². The van der Waals surface area contributed by atoms with Crippen molar-refractivity contribution in [2.24, 2.45) is 0 Å². The zero-order chi connectivity index (χ0) is 44.9. The molecular formula is C56H32B5N5. The van der Waals surface area contributed by atoms with E-state index in [1.807, 2.05) is 109 Å². The van der Waals surface area contributed by atoms with Gasteiger partial charge >= 0.3 is 0 Å². The van der Waals surface area contributed by atoms with E-state index in [0.29, 0.717) is 40.0 Å². The second-order valence-corrected chi connectivity index (χ2v) is 16.2. The Morgan fingerprint density at radius 3 is 1.38 bits per heavy atom. The molecule has 0 N–H and O–H groups in total. The van der Waals surface area contributed by atoms with Crippen LogP contribution in [0.4, 0.5) is 0 Å². The van der Waals surface area contributed by atoms with Crippen molar-refractivity contribution in [1.29, 1.82) is 0 Å². The van der Waals surface area contributed by atoms with E-state index in [9.17, 15) is 0 Å². The maximum absolute atomic E-state index is 6.71. The molecule has 0 spiro atoms. The Morgan fingerprint density at radius 2 is 0.773 bits per heavy atom. The van der Waals surface area contributed by atoms with Gasteiger partial charge in [-0.2, -0.15) is 0 Å². The number of para-hydroxylation sites is 1. The molecule has 296 valence electrons. The highest BCUT2D eigenvalue weighted by atomic mass is 15.1. The van der Waals surface area contributed by atoms with Crippen molar-refractivity contribution in [2.75, 3.05) is 0 Å². The summed E-state index contributed by atoms with van der Waals surface area (Å²) in [4.78, 5) is 20.9. The fourth-order valence-corrected chi connectivity index (χ4v) is 8.78. The minimum Gasteiger partial charge on any atom is -0.309 e. The van der Waals surface area contributed by atoms with Crippen LogP contribution in [0.1, 0.15) is 0 Å². The molecule has 0 aliphatic carbocycles. The van der Waals surface area contributed by atoms with Crippen LogP contribution in [0.15, 0.2) is 194 Å². The first-order valence-electron chi connectivity index (χ1n) is 21.5. The normalized spacial score (nSPS) is 11.3. The third kappa shape index (κ3) is 7.25. The van der Waals surface area contributed by atoms with Crippen LogP contribution in [0.25, 0.3) is 106 Å². The minimum atomic E-state index is 0.148. The zero-order valence-corrected chi connectivity index (χ0v) is 35.6. The second kappa shape index (κ2) is 16.9. The van der Waals surface area contributed by atoms with Crippen LogP contribution in [-0.4, -0.2) is 63.7 Å². The summed E-state index contributed by atoms with van der Waals surface area (Å²) in [5.74, 6) is 1.57. The number of hydrogen-bond donors (Lipinski definition) is 0. The van der Waals surface area contributed by atoms with Crippen molar-refractivity contribution in [2.45, 2.75) is 0 Å². The van der Waals surface area contributed by atoms with E-state index in [1.54, 1.807) is 0 Å². The quantitative estimate of drug-likeness (QED) is 0.146. The molecule has 0 saturated carbocycles. The maximum atomic E-state index is 6.71. The van der Waals surface area contributed by atoms with Gasteiger partial charge < -0.3 is 4.57 Å². The Balaban J connectivity index is 1.21. The van der Waals surface area contributed by atoms with Gasteiger partial charge in [0.2, 0.25) is 0 Å². The largest absolute Gasteiger partial charge is 0.309 e. The molecule has 3 heterocycles. The molecule has 0 bridgehead atoms. The molecule has 5 nitrogen and oxygen atoms in total. The van der Waals surface area contributed by atoms with Crippen molar-refractivity contribution in [1.82, 2.24) is 24.5 Å². The highest BCUT2D eigenvalue weighted by molar-refractivity contribution is 6.68. The molecule has 11 aromatic rings. The van der Waals surface area contributed by atoms with Crippen LogP contribution in [0.2, 0.25) is 0 Å². The number of benzene rings is 8. The van der Waals surface area contributed by atoms with E-state index in [0.717, 1.165) is 66.4 Å². The van der Waals surface area contributed by atoms with Gasteiger partial charge in [-0.3, -0.25) is 0 Å². The zero-order valence-electron chi connectivity index (χ0n) is 35.6. The minimum absolute atomic E-state index is 0.148. The van der Waals surface area contributed by atoms with Gasteiger partial charge in [-0.05, 0) is 64.7 Å². The van der Waals surface area contributed by atoms with E-state index in [2.05, 4.69) is 89.5 Å². The molecule has 0 atom stereocenters. The predicted molar refractivity (Wildman–Crippen MR) is 277 cm³/mol. The first kappa shape index (κ1) is 40.8. The number of hydrogen-bond acceptors (Lipinski definition) is 4. The lowest BCUT2D eigenvalue weighted by atomic mass is 9.59. The van der Waals surface area contributed by atoms with Gasteiger partial charge in [0.15, 0.2) is 17.5 Å². The molecule has 10 heteroatoms. The van der Waals surface area contributed by atoms with Gasteiger partial charge in [0.05, 0.1) is 28.1 Å². The van der Waals surface area contributed by atoms with Gasteiger partial charge in [0, 0.05) is 38.6 Å². The first-order valence-corrected chi connectivity index (χ1v) is 21.5. The van der Waals surface area contributed by atoms with Crippen molar-refractivity contribution < 1.29 is 0 Å². The fourth-order valence-electron chi connectivity index (χ4n) is 8.78. The SMILES string of the molecule is [B]c1c([B])c([B])c(-c2cc(-c3ccccc3)nc(-c3ccc(-n4c5ccccc5c5cc(-c6ccccc6)ccc54)c(-c4nc(-c5ccccc5)nc(-c5ccccc5)n4)c3)c2)c([B])c1[B]. The van der Waals surface area contributed by atoms with E-state index in [-0.39, 0.29) is 27.3 Å². The molecule has 0 amide bonds. The first-order chi connectivity index (χ1) is 32.3. The molecule has 8 aromatic carbocycles. The summed E-state index contributed by atoms with van der Waals surface area (Å²) < 4.78 is 2.30. The third-order valence-corrected chi connectivity index (χ3v) is 12.1. The summed E-state index contributed by atoms with van der Waals surface area (Å²) in [6, 6.07) is 65.7. The van der Waals surface area contributed by atoms with Crippen LogP contribution in [0.5, 0.6) is 0 Å². The summed E-state index contributed by atoms with van der Waals surface area (Å²) in [5.41, 5.74) is 12.8. The molecular weight excluding hydrogens is 797 g/mol. The van der Waals surface area contributed by atoms with Gasteiger partial charge in [-0.1, -0.05) is 163 Å². The lowest BCUT2D eigenvalue weighted by Crippen LogP contribution is -2.55. The number of pyridine rings is 1. The van der Waals surface area contributed by atoms with Crippen molar-refractivity contribution in [3.63, 3.8) is 0 Å². The van der Waals surface area contributed by atoms with E-state index in [4.69, 9.17) is 59.2 Å². The third-order valence-electron chi connectivity index (χ3n) is 12.1. The predicted octanol–water partition coefficient (Wildman–Crippen LogP) is 8.00. The number of aromatic nitrogens is 5. The Bertz CT molecular complexity index is 3550. The summed E-state index contributed by atoms with van der Waals surface area (Å²) >= 11 is 0. The van der Waals surface area contributed by atoms with E-state index in [1.165, 1.54) is 0 Å². The van der Waals surface area contributed by atoms with E-state index >= 15 is 0 Å². The van der Waals surface area contributed by atoms with Crippen molar-refractivity contribution in [3.05, 3.63) is 194 Å². The molecule has 0 aliphatic rings. The Hall–Kier alpha value is -7.96. The Labute approximate surface area is 389 Å². The summed E-state index contributed by atoms with van der Waals surface area (Å²) in [6.07, 6.45) is 0. The topological polar surface area (TPSA) is 56.5 Å². The monoisotopic (exact) mass is 829 g/mol. The highest BCUT2D eigenvalue weighted by Crippen LogP contribution is 2.40. The van der Waals surface area contributed by atoms with Gasteiger partial charge in [-0.25, -0.2) is 19.9 Å². The molecule has 11 rings (SSSR count). The average Bonchev–Trinajstić information content (AvgIpc) is 3.71. The Kier molecular flexibility index (Phi) is 10.4. The summed E-state index contributed by atoms with van der Waals surface area (Å²) in [5, 5.41) is 2.23. The molecule has 0 unspecified atom stereocenters. The van der Waals surface area contributed by atoms with Crippen molar-refractivity contribution >= 4 is 88.4 Å². The molecule has 66 heavy (non-hydrogen) atoms. The van der Waals surface area contributed by atoms with E-state index < -0.39 is 0 Å². The number of rotatable bonds is 8. The standard InChI is InChI=1S/C56H32B5N5/c57-49-48(50(58)52(60)53(61)51(49)59)39-31-43(34-17-7-2-8-18-34)62-44(32-39)38-26-28-47(66-45-24-14-13-23-40(45)41-29-37(25-27-46(41)66)33-15-5-1-6-16-33)42(30-38)56-64-54(35-19-9-3-10-20-35)63-55(65-56)36-21-11-4-12-22-36/h1-32H. The lowest BCUT2D eigenvalue weighted by Gasteiger charge is -2.22.